The molecule has 0 radical (unpaired) electrons. The number of hydrogen-bond donors (Lipinski definition) is 24. The van der Waals surface area contributed by atoms with Crippen LogP contribution in [0.3, 0.4) is 0 Å². The summed E-state index contributed by atoms with van der Waals surface area (Å²) in [5.74, 6) is -7.74. The van der Waals surface area contributed by atoms with Crippen molar-refractivity contribution in [2.75, 3.05) is 76.5 Å². The van der Waals surface area contributed by atoms with Crippen LogP contribution in [0.15, 0.2) is 78.9 Å². The van der Waals surface area contributed by atoms with Crippen LogP contribution in [0.1, 0.15) is 115 Å². The van der Waals surface area contributed by atoms with Crippen LogP contribution in [-0.2, 0) is 75.5 Å². The summed E-state index contributed by atoms with van der Waals surface area (Å²) in [5.41, 5.74) is 16.6. The molecule has 0 heterocycles. The molecule has 8 amide bonds. The first-order valence-electron chi connectivity index (χ1n) is 32.1. The highest BCUT2D eigenvalue weighted by Gasteiger charge is 2.31. The van der Waals surface area contributed by atoms with E-state index < -0.39 is 223 Å². The highest BCUT2D eigenvalue weighted by atomic mass is 31.2. The summed E-state index contributed by atoms with van der Waals surface area (Å²) >= 11 is 0. The maximum absolute atomic E-state index is 13.8. The van der Waals surface area contributed by atoms with Crippen molar-refractivity contribution in [3.8, 4) is 17.2 Å². The Kier molecular flexibility index (Phi) is 37.8. The molecule has 111 heavy (non-hydrogen) atoms. The van der Waals surface area contributed by atoms with E-state index in [1.165, 1.54) is 42.5 Å². The van der Waals surface area contributed by atoms with Crippen LogP contribution >= 0.6 is 60.8 Å². The molecule has 47 nitrogen and oxygen atoms in total. The molecule has 0 atom stereocenters. The van der Waals surface area contributed by atoms with Gasteiger partial charge in [-0.05, 0) is 136 Å². The third-order valence-corrected chi connectivity index (χ3v) is 20.2. The molecule has 620 valence electrons. The summed E-state index contributed by atoms with van der Waals surface area (Å²) < 4.78 is 111. The van der Waals surface area contributed by atoms with Gasteiger partial charge in [0.15, 0.2) is 0 Å². The molecule has 0 saturated carbocycles. The van der Waals surface area contributed by atoms with Gasteiger partial charge in [-0.1, -0.05) is 17.7 Å². The number of carbonyl (C=O) groups excluding carboxylic acids is 8. The van der Waals surface area contributed by atoms with E-state index in [1.54, 1.807) is 24.3 Å². The Balaban J connectivity index is 1.69. The number of hydrazine groups is 4. The van der Waals surface area contributed by atoms with Crippen LogP contribution in [-0.4, -0.2) is 222 Å². The molecule has 0 aliphatic rings. The van der Waals surface area contributed by atoms with Crippen LogP contribution in [0, 0.1) is 6.92 Å². The summed E-state index contributed by atoms with van der Waals surface area (Å²) in [6.07, 6.45) is -11.5. The molecular formula is C56H86N12O35P8. The van der Waals surface area contributed by atoms with Crippen LogP contribution in [0.5, 0.6) is 17.2 Å². The number of ether oxygens (including phenoxy) is 3. The van der Waals surface area contributed by atoms with E-state index in [4.69, 9.17) is 14.2 Å². The van der Waals surface area contributed by atoms with Crippen molar-refractivity contribution >= 4 is 108 Å². The molecule has 0 fully saturated rings. The second-order valence-corrected chi connectivity index (χ2v) is 37.7. The van der Waals surface area contributed by atoms with Crippen LogP contribution in [0.2, 0.25) is 0 Å². The number of nitrogens with one attached hydrogen (secondary N) is 8. The molecule has 24 N–H and O–H groups in total. The fourth-order valence-corrected chi connectivity index (χ4v) is 16.5. The number of nitrogens with zero attached hydrogens (tertiary/aromatic N) is 4. The SMILES string of the molecule is Cc1ccc(OCc2cc(OCc3cc(C(=O)NNC(=O)CCCN(CP(=O)(O)O)CP(=O)(O)O)cc(C(=O)NNC(=O)CCCN(CP(=O)(O)O)CP(=O)(O)O)c3)cc(OCc3cc(C(=O)NNC(=O)CCCN(CP(=O)(O)O)CP(=O)(O)O)cc(C(=O)NNC(=O)CCCN(CP(=O)(O)O)CP(=O)(O)O)c3)c2)cc1. The van der Waals surface area contributed by atoms with E-state index in [0.717, 1.165) is 37.3 Å². The fourth-order valence-electron chi connectivity index (χ4n) is 9.82. The van der Waals surface area contributed by atoms with Crippen molar-refractivity contribution in [2.24, 2.45) is 0 Å². The summed E-state index contributed by atoms with van der Waals surface area (Å²) in [5, 5.41) is 0. The Morgan fingerprint density at radius 1 is 0.288 bits per heavy atom. The van der Waals surface area contributed by atoms with E-state index in [2.05, 4.69) is 43.4 Å². The Labute approximate surface area is 631 Å². The Morgan fingerprint density at radius 2 is 0.495 bits per heavy atom. The standard InChI is InChI=1S/C56H86N12O35P8/c1-38-10-12-46(13-11-38)101-29-41-22-47(102-27-39-18-42(53(73)61-57-49(69)6-2-14-65(30-104(77,78)79)31-105(80,81)82)24-43(19-39)54(74)62-58-50(70)7-3-15-66(32-106(83,84)85)33-107(86,87)88)26-48(23-41)103-28-40-20-44(55(75)63-59-51(71)8-4-16-67(34-108(89,90)91)35-109(92,93)94)25-45(21-40)56(76)64-60-52(72)9-5-17-68(36-110(95,96)97)37-111(98,99)100/h10-13,18-26H,2-9,14-17,27-37H2,1H3,(H,57,69)(H,58,70)(H,59,71)(H,60,72)(H,61,73)(H,62,74)(H,63,75)(H,64,76)(H2,77,78,79)(H2,80,81,82)(H2,83,84,85)(H2,86,87,88)(H2,89,90,91)(H2,92,93,94)(H2,95,96,97)(H2,98,99,100). The van der Waals surface area contributed by atoms with Gasteiger partial charge >= 0.3 is 60.8 Å². The molecule has 55 heteroatoms. The van der Waals surface area contributed by atoms with Crippen LogP contribution in [0.4, 0.5) is 0 Å². The molecule has 0 bridgehead atoms. The zero-order chi connectivity index (χ0) is 83.5. The first-order chi connectivity index (χ1) is 51.1. The lowest BCUT2D eigenvalue weighted by Gasteiger charge is -2.22. The van der Waals surface area contributed by atoms with E-state index in [-0.39, 0.29) is 77.2 Å². The molecule has 0 aromatic heterocycles. The number of rotatable bonds is 45. The Hall–Kier alpha value is -6.92. The van der Waals surface area contributed by atoms with Crippen molar-refractivity contribution in [3.63, 3.8) is 0 Å². The predicted octanol–water partition coefficient (Wildman–Crippen LogP) is -0.814. The molecular weight excluding hydrogens is 1650 g/mol. The molecule has 0 unspecified atom stereocenters. The average Bonchev–Trinajstić information content (AvgIpc) is 0.831. The van der Waals surface area contributed by atoms with Gasteiger partial charge in [-0.15, -0.1) is 0 Å². The Bertz CT molecular complexity index is 3780. The molecule has 4 aromatic rings. The van der Waals surface area contributed by atoms with Crippen molar-refractivity contribution in [3.05, 3.63) is 123 Å². The molecule has 0 aliphatic carbocycles. The molecule has 0 spiro atoms. The second kappa shape index (κ2) is 43.5. The Morgan fingerprint density at radius 3 is 0.712 bits per heavy atom. The molecule has 4 rings (SSSR count). The van der Waals surface area contributed by atoms with Gasteiger partial charge in [0.1, 0.15) is 87.4 Å². The molecule has 0 aliphatic heterocycles. The first-order valence-corrected chi connectivity index (χ1v) is 46.5. The lowest BCUT2D eigenvalue weighted by atomic mass is 10.0. The minimum Gasteiger partial charge on any atom is -0.489 e. The summed E-state index contributed by atoms with van der Waals surface area (Å²) in [6.45, 7) is -1.08. The van der Waals surface area contributed by atoms with Crippen molar-refractivity contribution in [2.45, 2.75) is 78.1 Å². The minimum atomic E-state index is -4.84. The van der Waals surface area contributed by atoms with Gasteiger partial charge in [0.2, 0.25) is 23.6 Å². The third kappa shape index (κ3) is 44.4. The van der Waals surface area contributed by atoms with E-state index in [1.807, 2.05) is 6.92 Å². The minimum absolute atomic E-state index is 0.0129. The highest BCUT2D eigenvalue weighted by Crippen LogP contribution is 2.44. The predicted molar refractivity (Wildman–Crippen MR) is 385 cm³/mol. The summed E-state index contributed by atoms with van der Waals surface area (Å²) in [6, 6.07) is 17.9. The molecule has 4 aromatic carbocycles. The van der Waals surface area contributed by atoms with Gasteiger partial charge in [-0.25, -0.2) is 0 Å². The van der Waals surface area contributed by atoms with Gasteiger partial charge in [0.05, 0.1) is 0 Å². The average molecular weight is 1740 g/mol. The topological polar surface area (TPSA) is 734 Å². The van der Waals surface area contributed by atoms with Crippen molar-refractivity contribution in [1.29, 1.82) is 0 Å². The van der Waals surface area contributed by atoms with Gasteiger partial charge in [-0.3, -0.25) is 138 Å². The van der Waals surface area contributed by atoms with E-state index in [0.29, 0.717) is 11.3 Å². The smallest absolute Gasteiger partial charge is 0.339 e. The van der Waals surface area contributed by atoms with Crippen LogP contribution < -0.4 is 57.6 Å². The maximum Gasteiger partial charge on any atom is 0.339 e. The van der Waals surface area contributed by atoms with Crippen molar-refractivity contribution < 1.29 is 167 Å². The van der Waals surface area contributed by atoms with E-state index >= 15 is 0 Å². The monoisotopic (exact) mass is 1730 g/mol. The van der Waals surface area contributed by atoms with Gasteiger partial charge in [0, 0.05) is 54.0 Å². The first kappa shape index (κ1) is 96.4. The quantitative estimate of drug-likeness (QED) is 0.0190. The summed E-state index contributed by atoms with van der Waals surface area (Å²) in [4.78, 5) is 260. The van der Waals surface area contributed by atoms with Crippen LogP contribution in [0.25, 0.3) is 0 Å². The number of amides is 8. The van der Waals surface area contributed by atoms with Crippen molar-refractivity contribution in [1.82, 2.24) is 63.0 Å². The normalized spacial score (nSPS) is 12.5. The third-order valence-electron chi connectivity index (χ3n) is 14.1. The van der Waals surface area contributed by atoms with Gasteiger partial charge in [-0.2, -0.15) is 0 Å². The highest BCUT2D eigenvalue weighted by molar-refractivity contribution is 7.54. The lowest BCUT2D eigenvalue weighted by Crippen LogP contribution is -2.43. The second-order valence-electron chi connectivity index (χ2n) is 24.8. The summed E-state index contributed by atoms with van der Waals surface area (Å²) in [7, 11) is -38.7. The van der Waals surface area contributed by atoms with Gasteiger partial charge < -0.3 is 92.5 Å². The largest absolute Gasteiger partial charge is 0.489 e. The molecule has 0 saturated heterocycles. The number of benzene rings is 4. The number of aryl methyl sites for hydroxylation is 1. The lowest BCUT2D eigenvalue weighted by molar-refractivity contribution is -0.122. The number of carbonyl (C=O) groups is 8. The van der Waals surface area contributed by atoms with E-state index in [9.17, 15) is 153 Å². The number of hydrogen-bond acceptors (Lipinski definition) is 23. The zero-order valence-electron chi connectivity index (χ0n) is 58.5. The van der Waals surface area contributed by atoms with Gasteiger partial charge in [0.25, 0.3) is 23.6 Å². The fraction of sp³-hybridized carbons (Fsp3) is 0.429. The zero-order valence-corrected chi connectivity index (χ0v) is 65.7. The maximum atomic E-state index is 13.8.